The number of nitrogens with zero attached hydrogens (tertiary/aromatic N) is 2. The van der Waals surface area contributed by atoms with Crippen LogP contribution in [0.3, 0.4) is 0 Å². The van der Waals surface area contributed by atoms with Crippen LogP contribution in [0.2, 0.25) is 0 Å². The molecule has 0 aromatic carbocycles. The van der Waals surface area contributed by atoms with Crippen molar-refractivity contribution in [1.82, 2.24) is 4.90 Å². The Kier molecular flexibility index (Phi) is 16.5. The minimum absolute atomic E-state index is 0.176. The lowest BCUT2D eigenvalue weighted by molar-refractivity contribution is -0.143. The Morgan fingerprint density at radius 3 is 1.73 bits per heavy atom. The number of hydrogen-bond donors (Lipinski definition) is 1. The third-order valence-corrected chi connectivity index (χ3v) is 7.96. The maximum Gasteiger partial charge on any atom is 0.508 e. The fourth-order valence-corrected chi connectivity index (χ4v) is 5.41. The summed E-state index contributed by atoms with van der Waals surface area (Å²) in [5.74, 6) is -0.846. The van der Waals surface area contributed by atoms with Crippen LogP contribution in [0, 0.1) is 0 Å². The topological polar surface area (TPSA) is 175 Å². The summed E-state index contributed by atoms with van der Waals surface area (Å²) in [5.41, 5.74) is 5.94. The number of likely N-dealkylation sites (N-methyl/N-ethyl adjacent to an activating group) is 1. The summed E-state index contributed by atoms with van der Waals surface area (Å²) in [6.45, 7) is 0.749. The van der Waals surface area contributed by atoms with E-state index in [1.165, 1.54) is 11.9 Å². The summed E-state index contributed by atoms with van der Waals surface area (Å²) in [4.78, 5) is 37.2. The minimum atomic E-state index is -4.28. The number of carbonyl (C=O) groups excluding carboxylic acids is 3. The van der Waals surface area contributed by atoms with Crippen LogP contribution in [0.25, 0.3) is 0 Å². The monoisotopic (exact) mass is 607 g/mol. The van der Waals surface area contributed by atoms with Gasteiger partial charge in [-0.05, 0) is 57.8 Å². The normalized spacial score (nSPS) is 17.0. The highest BCUT2D eigenvalue weighted by Crippen LogP contribution is 2.49. The molecule has 2 aliphatic carbocycles. The van der Waals surface area contributed by atoms with Gasteiger partial charge < -0.3 is 34.3 Å². The SMILES string of the molecule is CCCCOC(=O)CN(C)/C(N)=N/P(=O)(OCCOC(=O)OC1CCCCC1)OCCOC(=O)OC1CCCCC1. The second-order valence-electron chi connectivity index (χ2n) is 9.98. The van der Waals surface area contributed by atoms with Crippen molar-refractivity contribution in [3.63, 3.8) is 0 Å². The van der Waals surface area contributed by atoms with Gasteiger partial charge in [-0.2, -0.15) is 0 Å². The molecule has 2 saturated carbocycles. The van der Waals surface area contributed by atoms with E-state index >= 15 is 0 Å². The van der Waals surface area contributed by atoms with Crippen LogP contribution < -0.4 is 5.73 Å². The molecule has 0 bridgehead atoms. The molecule has 0 aromatic heterocycles. The van der Waals surface area contributed by atoms with Crippen molar-refractivity contribution in [3.05, 3.63) is 0 Å². The predicted octanol–water partition coefficient (Wildman–Crippen LogP) is 4.69. The van der Waals surface area contributed by atoms with Crippen LogP contribution in [-0.4, -0.2) is 88.0 Å². The molecule has 0 spiro atoms. The second kappa shape index (κ2) is 19.5. The van der Waals surface area contributed by atoms with Crippen molar-refractivity contribution in [3.8, 4) is 0 Å². The number of ether oxygens (including phenoxy) is 5. The number of guanidine groups is 1. The van der Waals surface area contributed by atoms with Crippen molar-refractivity contribution in [2.75, 3.05) is 46.6 Å². The number of hydrogen-bond acceptors (Lipinski definition) is 11. The van der Waals surface area contributed by atoms with Crippen LogP contribution in [-0.2, 0) is 42.1 Å². The molecule has 0 atom stereocenters. The van der Waals surface area contributed by atoms with Gasteiger partial charge in [-0.1, -0.05) is 26.2 Å². The van der Waals surface area contributed by atoms with Gasteiger partial charge in [0.25, 0.3) is 0 Å². The molecule has 0 aliphatic heterocycles. The van der Waals surface area contributed by atoms with Crippen molar-refractivity contribution in [1.29, 1.82) is 0 Å². The zero-order chi connectivity index (χ0) is 29.9. The van der Waals surface area contributed by atoms with E-state index < -0.39 is 26.0 Å². The molecule has 14 nitrogen and oxygen atoms in total. The first-order valence-corrected chi connectivity index (χ1v) is 16.0. The van der Waals surface area contributed by atoms with Gasteiger partial charge in [0.1, 0.15) is 32.0 Å². The average Bonchev–Trinajstić information content (AvgIpc) is 2.95. The molecule has 0 radical (unpaired) electrons. The Balaban J connectivity index is 1.86. The molecule has 236 valence electrons. The van der Waals surface area contributed by atoms with Gasteiger partial charge in [0.05, 0.1) is 19.8 Å². The molecule has 2 N–H and O–H groups in total. The fraction of sp³-hybridized carbons (Fsp3) is 0.846. The van der Waals surface area contributed by atoms with Gasteiger partial charge in [0, 0.05) is 7.05 Å². The van der Waals surface area contributed by atoms with Crippen LogP contribution >= 0.6 is 7.75 Å². The Hall–Kier alpha value is -2.57. The van der Waals surface area contributed by atoms with Crippen LogP contribution in [0.5, 0.6) is 0 Å². The van der Waals surface area contributed by atoms with E-state index in [-0.39, 0.29) is 57.7 Å². The van der Waals surface area contributed by atoms with E-state index in [0.717, 1.165) is 77.0 Å². The van der Waals surface area contributed by atoms with E-state index in [0.29, 0.717) is 0 Å². The Labute approximate surface area is 242 Å². The highest BCUT2D eigenvalue weighted by molar-refractivity contribution is 7.52. The van der Waals surface area contributed by atoms with E-state index in [9.17, 15) is 18.9 Å². The Morgan fingerprint density at radius 2 is 1.27 bits per heavy atom. The largest absolute Gasteiger partial charge is 0.508 e. The van der Waals surface area contributed by atoms with Crippen molar-refractivity contribution in [2.24, 2.45) is 10.5 Å². The van der Waals surface area contributed by atoms with Gasteiger partial charge in [-0.25, -0.2) is 14.2 Å². The maximum absolute atomic E-state index is 13.3. The summed E-state index contributed by atoms with van der Waals surface area (Å²) in [7, 11) is -2.83. The lowest BCUT2D eigenvalue weighted by Crippen LogP contribution is -2.38. The third-order valence-electron chi connectivity index (χ3n) is 6.49. The summed E-state index contributed by atoms with van der Waals surface area (Å²) in [6, 6.07) is 0. The highest BCUT2D eigenvalue weighted by atomic mass is 31.2. The van der Waals surface area contributed by atoms with Gasteiger partial charge >= 0.3 is 26.0 Å². The molecule has 2 fully saturated rings. The van der Waals surface area contributed by atoms with Crippen molar-refractivity contribution >= 4 is 32.0 Å². The number of esters is 1. The quantitative estimate of drug-likeness (QED) is 0.0639. The van der Waals surface area contributed by atoms with E-state index in [2.05, 4.69) is 4.76 Å². The third kappa shape index (κ3) is 15.3. The van der Waals surface area contributed by atoms with Gasteiger partial charge in [0.2, 0.25) is 5.96 Å². The summed E-state index contributed by atoms with van der Waals surface area (Å²) in [6.07, 6.45) is 8.92. The highest BCUT2D eigenvalue weighted by Gasteiger charge is 2.27. The molecule has 41 heavy (non-hydrogen) atoms. The smallest absolute Gasteiger partial charge is 0.464 e. The van der Waals surface area contributed by atoms with E-state index in [1.807, 2.05) is 6.92 Å². The molecule has 2 rings (SSSR count). The molecular formula is C26H46N3O11P. The predicted molar refractivity (Wildman–Crippen MR) is 148 cm³/mol. The fourth-order valence-electron chi connectivity index (χ4n) is 4.21. The second-order valence-corrected chi connectivity index (χ2v) is 11.6. The first-order chi connectivity index (χ1) is 19.7. The number of rotatable bonds is 16. The lowest BCUT2D eigenvalue weighted by Gasteiger charge is -2.22. The Morgan fingerprint density at radius 1 is 0.780 bits per heavy atom. The summed E-state index contributed by atoms with van der Waals surface area (Å²) in [5, 5.41) is 0. The molecule has 0 saturated heterocycles. The molecule has 0 aromatic rings. The van der Waals surface area contributed by atoms with E-state index in [1.54, 1.807) is 0 Å². The van der Waals surface area contributed by atoms with Crippen LogP contribution in [0.1, 0.15) is 84.0 Å². The number of unbranched alkanes of at least 4 members (excludes halogenated alkanes) is 1. The summed E-state index contributed by atoms with van der Waals surface area (Å²) < 4.78 is 53.5. The van der Waals surface area contributed by atoms with Crippen LogP contribution in [0.15, 0.2) is 4.76 Å². The first kappa shape index (κ1) is 34.6. The van der Waals surface area contributed by atoms with Gasteiger partial charge in [-0.15, -0.1) is 4.76 Å². The standard InChI is InChI=1S/C26H46N3O11P/c1-3-4-15-34-23(30)20-29(2)24(27)28-41(33,37-18-16-35-25(31)39-21-11-7-5-8-12-21)38-19-17-36-26(32)40-22-13-9-6-10-14-22/h21-22H,3-20H2,1-2H3,(H2,27,28,33). The van der Waals surface area contributed by atoms with Crippen molar-refractivity contribution < 1.29 is 51.7 Å². The zero-order valence-corrected chi connectivity index (χ0v) is 25.2. The summed E-state index contributed by atoms with van der Waals surface area (Å²) >= 11 is 0. The average molecular weight is 608 g/mol. The van der Waals surface area contributed by atoms with E-state index in [4.69, 9.17) is 38.5 Å². The van der Waals surface area contributed by atoms with Gasteiger partial charge in [0.15, 0.2) is 0 Å². The molecular weight excluding hydrogens is 561 g/mol. The molecule has 0 amide bonds. The molecule has 15 heteroatoms. The maximum atomic E-state index is 13.3. The first-order valence-electron chi connectivity index (χ1n) is 14.5. The van der Waals surface area contributed by atoms with Crippen LogP contribution in [0.4, 0.5) is 9.59 Å². The number of carbonyl (C=O) groups is 3. The van der Waals surface area contributed by atoms with Crippen molar-refractivity contribution in [2.45, 2.75) is 96.2 Å². The Bertz CT molecular complexity index is 833. The molecule has 2 aliphatic rings. The molecule has 0 unspecified atom stereocenters. The lowest BCUT2D eigenvalue weighted by atomic mass is 9.98. The zero-order valence-electron chi connectivity index (χ0n) is 24.3. The number of nitrogens with two attached hydrogens (primary N) is 1. The van der Waals surface area contributed by atoms with Gasteiger partial charge in [-0.3, -0.25) is 13.8 Å². The minimum Gasteiger partial charge on any atom is -0.464 e. The molecule has 0 heterocycles.